The largest absolute Gasteiger partial charge is 0.352 e. The Balaban J connectivity index is 2.11. The molecule has 0 fully saturated rings. The summed E-state index contributed by atoms with van der Waals surface area (Å²) in [4.78, 5) is 29.3. The fraction of sp³-hybridized carbons (Fsp3) is 0.394. The Kier molecular flexibility index (Phi) is 11.1. The zero-order valence-corrected chi connectivity index (χ0v) is 25.9. The summed E-state index contributed by atoms with van der Waals surface area (Å²) in [5.41, 5.74) is 4.09. The lowest BCUT2D eigenvalue weighted by Crippen LogP contribution is -2.53. The molecule has 41 heavy (non-hydrogen) atoms. The first-order chi connectivity index (χ1) is 19.5. The summed E-state index contributed by atoms with van der Waals surface area (Å²) in [6, 6.07) is 20.8. The van der Waals surface area contributed by atoms with Gasteiger partial charge in [-0.1, -0.05) is 80.9 Å². The van der Waals surface area contributed by atoms with Gasteiger partial charge in [0.2, 0.25) is 11.8 Å². The van der Waals surface area contributed by atoms with Crippen LogP contribution in [0.1, 0.15) is 62.8 Å². The van der Waals surface area contributed by atoms with Gasteiger partial charge in [-0.05, 0) is 74.9 Å². The number of nitrogens with one attached hydrogen (secondary N) is 1. The van der Waals surface area contributed by atoms with E-state index in [0.717, 1.165) is 28.7 Å². The molecule has 3 rings (SSSR count). The summed E-state index contributed by atoms with van der Waals surface area (Å²) in [6.07, 6.45) is 1.73. The minimum absolute atomic E-state index is 0.0539. The standard InChI is InChI=1S/C33H43N3O4S/c1-7-26(6)34-33(38)30(9-3)35(22-28-16-11-10-14-25(28)5)32(37)23-36(31-17-13-12-15-27(31)8-2)41(39,40)29-20-18-24(4)19-21-29/h10-21,26,30H,7-9,22-23H2,1-6H3,(H,34,38)/t26-,30+/m0/s1. The SMILES string of the molecule is CCc1ccccc1N(CC(=O)N(Cc1ccccc1C)[C@H](CC)C(=O)N[C@@H](C)CC)S(=O)(=O)c1ccc(C)cc1. The molecule has 2 amide bonds. The second-order valence-corrected chi connectivity index (χ2v) is 12.4. The third-order valence-electron chi connectivity index (χ3n) is 7.52. The van der Waals surface area contributed by atoms with Crippen LogP contribution < -0.4 is 9.62 Å². The number of carbonyl (C=O) groups is 2. The van der Waals surface area contributed by atoms with Gasteiger partial charge in [0.1, 0.15) is 12.6 Å². The molecule has 0 heterocycles. The molecule has 0 radical (unpaired) electrons. The highest BCUT2D eigenvalue weighted by molar-refractivity contribution is 7.92. The molecular formula is C33H43N3O4S. The number of rotatable bonds is 13. The van der Waals surface area contributed by atoms with E-state index in [1.54, 1.807) is 36.4 Å². The Labute approximate surface area is 245 Å². The van der Waals surface area contributed by atoms with E-state index in [1.165, 1.54) is 9.21 Å². The lowest BCUT2D eigenvalue weighted by Gasteiger charge is -2.34. The van der Waals surface area contributed by atoms with Crippen LogP contribution in [-0.4, -0.2) is 43.8 Å². The van der Waals surface area contributed by atoms with Gasteiger partial charge in [-0.3, -0.25) is 13.9 Å². The van der Waals surface area contributed by atoms with E-state index < -0.39 is 28.5 Å². The monoisotopic (exact) mass is 577 g/mol. The number of amides is 2. The van der Waals surface area contributed by atoms with E-state index in [9.17, 15) is 18.0 Å². The highest BCUT2D eigenvalue weighted by atomic mass is 32.2. The number of hydrogen-bond donors (Lipinski definition) is 1. The van der Waals surface area contributed by atoms with Crippen molar-refractivity contribution in [2.24, 2.45) is 0 Å². The summed E-state index contributed by atoms with van der Waals surface area (Å²) in [5.74, 6) is -0.688. The third kappa shape index (κ3) is 7.76. The zero-order chi connectivity index (χ0) is 30.2. The lowest BCUT2D eigenvalue weighted by atomic mass is 10.1. The molecule has 0 aliphatic carbocycles. The predicted molar refractivity (Wildman–Crippen MR) is 165 cm³/mol. The van der Waals surface area contributed by atoms with Crippen LogP contribution in [0, 0.1) is 13.8 Å². The lowest BCUT2D eigenvalue weighted by molar-refractivity contribution is -0.140. The number of anilines is 1. The van der Waals surface area contributed by atoms with E-state index in [1.807, 2.05) is 77.9 Å². The number of carbonyl (C=O) groups excluding carboxylic acids is 2. The Hall–Kier alpha value is -3.65. The quantitative estimate of drug-likeness (QED) is 0.279. The molecule has 7 nitrogen and oxygen atoms in total. The van der Waals surface area contributed by atoms with Crippen molar-refractivity contribution in [3.05, 3.63) is 95.1 Å². The van der Waals surface area contributed by atoms with Gasteiger partial charge in [-0.2, -0.15) is 0 Å². The van der Waals surface area contributed by atoms with Crippen LogP contribution in [0.2, 0.25) is 0 Å². The summed E-state index contributed by atoms with van der Waals surface area (Å²) in [6.45, 7) is 11.3. The molecule has 0 saturated carbocycles. The predicted octanol–water partition coefficient (Wildman–Crippen LogP) is 5.78. The Morgan fingerprint density at radius 1 is 0.829 bits per heavy atom. The molecule has 0 aliphatic heterocycles. The maximum atomic E-state index is 14.3. The van der Waals surface area contributed by atoms with Crippen LogP contribution in [0.25, 0.3) is 0 Å². The molecule has 0 aliphatic rings. The fourth-order valence-corrected chi connectivity index (χ4v) is 6.19. The van der Waals surface area contributed by atoms with Crippen LogP contribution in [0.15, 0.2) is 77.7 Å². The molecule has 1 N–H and O–H groups in total. The highest BCUT2D eigenvalue weighted by Gasteiger charge is 2.34. The van der Waals surface area contributed by atoms with Gasteiger partial charge in [0.25, 0.3) is 10.0 Å². The van der Waals surface area contributed by atoms with Crippen LogP contribution in [0.4, 0.5) is 5.69 Å². The van der Waals surface area contributed by atoms with Crippen molar-refractivity contribution in [2.45, 2.75) is 84.3 Å². The average Bonchev–Trinajstić information content (AvgIpc) is 2.96. The number of aryl methyl sites for hydroxylation is 3. The second kappa shape index (κ2) is 14.3. The molecule has 8 heteroatoms. The summed E-state index contributed by atoms with van der Waals surface area (Å²) < 4.78 is 29.4. The van der Waals surface area contributed by atoms with Crippen LogP contribution in [0.5, 0.6) is 0 Å². The van der Waals surface area contributed by atoms with Crippen molar-refractivity contribution in [2.75, 3.05) is 10.8 Å². The first kappa shape index (κ1) is 31.9. The first-order valence-electron chi connectivity index (χ1n) is 14.3. The molecule has 0 unspecified atom stereocenters. The smallest absolute Gasteiger partial charge is 0.264 e. The fourth-order valence-electron chi connectivity index (χ4n) is 4.74. The molecule has 3 aromatic carbocycles. The minimum Gasteiger partial charge on any atom is -0.352 e. The Morgan fingerprint density at radius 2 is 1.44 bits per heavy atom. The number of nitrogens with zero attached hydrogens (tertiary/aromatic N) is 2. The normalized spacial score (nSPS) is 12.8. The van der Waals surface area contributed by atoms with Crippen LogP contribution >= 0.6 is 0 Å². The molecular weight excluding hydrogens is 534 g/mol. The van der Waals surface area contributed by atoms with Gasteiger partial charge in [0.05, 0.1) is 10.6 Å². The van der Waals surface area contributed by atoms with Gasteiger partial charge in [0.15, 0.2) is 0 Å². The number of hydrogen-bond acceptors (Lipinski definition) is 4. The number of sulfonamides is 1. The minimum atomic E-state index is -4.10. The van der Waals surface area contributed by atoms with Gasteiger partial charge < -0.3 is 10.2 Å². The molecule has 3 aromatic rings. The van der Waals surface area contributed by atoms with Gasteiger partial charge in [-0.25, -0.2) is 8.42 Å². The van der Waals surface area contributed by atoms with E-state index >= 15 is 0 Å². The molecule has 220 valence electrons. The highest BCUT2D eigenvalue weighted by Crippen LogP contribution is 2.28. The summed E-state index contributed by atoms with van der Waals surface area (Å²) >= 11 is 0. The second-order valence-electron chi connectivity index (χ2n) is 10.5. The molecule has 2 atom stereocenters. The van der Waals surface area contributed by atoms with Crippen molar-refractivity contribution in [1.82, 2.24) is 10.2 Å². The van der Waals surface area contributed by atoms with Crippen molar-refractivity contribution in [3.8, 4) is 0 Å². The van der Waals surface area contributed by atoms with Gasteiger partial charge in [0, 0.05) is 12.6 Å². The average molecular weight is 578 g/mol. The maximum absolute atomic E-state index is 14.3. The first-order valence-corrected chi connectivity index (χ1v) is 15.8. The summed E-state index contributed by atoms with van der Waals surface area (Å²) in [5, 5.41) is 3.02. The molecule has 0 saturated heterocycles. The molecule has 0 bridgehead atoms. The van der Waals surface area contributed by atoms with Crippen molar-refractivity contribution in [1.29, 1.82) is 0 Å². The number of para-hydroxylation sites is 1. The Morgan fingerprint density at radius 3 is 2.02 bits per heavy atom. The topological polar surface area (TPSA) is 86.8 Å². The van der Waals surface area contributed by atoms with Crippen molar-refractivity contribution >= 4 is 27.5 Å². The maximum Gasteiger partial charge on any atom is 0.264 e. The van der Waals surface area contributed by atoms with E-state index in [0.29, 0.717) is 18.5 Å². The molecule has 0 spiro atoms. The van der Waals surface area contributed by atoms with Crippen molar-refractivity contribution < 1.29 is 18.0 Å². The van der Waals surface area contributed by atoms with Crippen LogP contribution in [-0.2, 0) is 32.6 Å². The third-order valence-corrected chi connectivity index (χ3v) is 9.29. The molecule has 0 aromatic heterocycles. The zero-order valence-electron chi connectivity index (χ0n) is 25.1. The Bertz CT molecular complexity index is 1440. The van der Waals surface area contributed by atoms with E-state index in [-0.39, 0.29) is 23.4 Å². The van der Waals surface area contributed by atoms with Crippen molar-refractivity contribution in [3.63, 3.8) is 0 Å². The van der Waals surface area contributed by atoms with E-state index in [4.69, 9.17) is 0 Å². The van der Waals surface area contributed by atoms with E-state index in [2.05, 4.69) is 5.32 Å². The van der Waals surface area contributed by atoms with Crippen LogP contribution in [0.3, 0.4) is 0 Å². The van der Waals surface area contributed by atoms with Gasteiger partial charge >= 0.3 is 0 Å². The number of benzene rings is 3. The van der Waals surface area contributed by atoms with Gasteiger partial charge in [-0.15, -0.1) is 0 Å². The summed E-state index contributed by atoms with van der Waals surface area (Å²) in [7, 11) is -4.10.